The van der Waals surface area contributed by atoms with E-state index in [1.807, 2.05) is 0 Å². The van der Waals surface area contributed by atoms with Crippen LogP contribution in [0.15, 0.2) is 21.6 Å². The summed E-state index contributed by atoms with van der Waals surface area (Å²) in [5, 5.41) is 8.39. The van der Waals surface area contributed by atoms with E-state index >= 15 is 0 Å². The summed E-state index contributed by atoms with van der Waals surface area (Å²) in [7, 11) is -3.78. The number of hydrogen-bond donors (Lipinski definition) is 2. The van der Waals surface area contributed by atoms with Crippen LogP contribution in [0.1, 0.15) is 49.6 Å². The standard InChI is InChI=1S/C13H19NO5S/c1-2-9-3-5-10(6-4-9)14-20(17,18)12-8-7-11(19-12)13(15)16/h7-10,14H,2-6H2,1H3,(H,15,16). The lowest BCUT2D eigenvalue weighted by Gasteiger charge is -2.27. The van der Waals surface area contributed by atoms with E-state index in [2.05, 4.69) is 11.6 Å². The normalized spacial score (nSPS) is 23.6. The molecular formula is C13H19NO5S. The van der Waals surface area contributed by atoms with Crippen molar-refractivity contribution in [2.24, 2.45) is 5.92 Å². The van der Waals surface area contributed by atoms with E-state index in [4.69, 9.17) is 9.52 Å². The number of aromatic carboxylic acids is 1. The Hall–Kier alpha value is -1.34. The molecule has 1 heterocycles. The maximum atomic E-state index is 12.1. The average Bonchev–Trinajstić information content (AvgIpc) is 2.90. The van der Waals surface area contributed by atoms with Crippen molar-refractivity contribution >= 4 is 16.0 Å². The Labute approximate surface area is 118 Å². The fourth-order valence-corrected chi connectivity index (χ4v) is 3.78. The highest BCUT2D eigenvalue weighted by Gasteiger charge is 2.27. The van der Waals surface area contributed by atoms with Gasteiger partial charge in [-0.25, -0.2) is 17.9 Å². The van der Waals surface area contributed by atoms with Crippen LogP contribution in [0, 0.1) is 5.92 Å². The van der Waals surface area contributed by atoms with E-state index in [-0.39, 0.29) is 16.9 Å². The molecule has 0 aromatic carbocycles. The van der Waals surface area contributed by atoms with Gasteiger partial charge in [-0.2, -0.15) is 0 Å². The lowest BCUT2D eigenvalue weighted by Crippen LogP contribution is -2.37. The minimum Gasteiger partial charge on any atom is -0.475 e. The number of furan rings is 1. The molecule has 1 aromatic rings. The third kappa shape index (κ3) is 3.40. The first-order valence-electron chi connectivity index (χ1n) is 6.78. The van der Waals surface area contributed by atoms with E-state index in [1.54, 1.807) is 0 Å². The monoisotopic (exact) mass is 301 g/mol. The van der Waals surface area contributed by atoms with E-state index in [9.17, 15) is 13.2 Å². The lowest BCUT2D eigenvalue weighted by atomic mass is 9.85. The summed E-state index contributed by atoms with van der Waals surface area (Å²) in [6, 6.07) is 2.22. The maximum absolute atomic E-state index is 12.1. The van der Waals surface area contributed by atoms with Crippen molar-refractivity contribution in [3.8, 4) is 0 Å². The van der Waals surface area contributed by atoms with Crippen molar-refractivity contribution in [1.29, 1.82) is 0 Å². The van der Waals surface area contributed by atoms with Gasteiger partial charge in [0.05, 0.1) is 0 Å². The number of carbonyl (C=O) groups is 1. The number of hydrogen-bond acceptors (Lipinski definition) is 4. The molecule has 112 valence electrons. The zero-order chi connectivity index (χ0) is 14.8. The van der Waals surface area contributed by atoms with Crippen LogP contribution in [0.2, 0.25) is 0 Å². The molecule has 0 atom stereocenters. The highest BCUT2D eigenvalue weighted by molar-refractivity contribution is 7.89. The second-order valence-corrected chi connectivity index (χ2v) is 6.82. The van der Waals surface area contributed by atoms with Crippen molar-refractivity contribution in [1.82, 2.24) is 4.72 Å². The predicted octanol–water partition coefficient (Wildman–Crippen LogP) is 2.22. The number of sulfonamides is 1. The fraction of sp³-hybridized carbons (Fsp3) is 0.615. The van der Waals surface area contributed by atoms with E-state index in [0.717, 1.165) is 38.2 Å². The molecule has 0 radical (unpaired) electrons. The summed E-state index contributed by atoms with van der Waals surface area (Å²) >= 11 is 0. The van der Waals surface area contributed by atoms with E-state index in [1.165, 1.54) is 6.07 Å². The molecule has 6 nitrogen and oxygen atoms in total. The van der Waals surface area contributed by atoms with Crippen LogP contribution < -0.4 is 4.72 Å². The molecule has 1 aromatic heterocycles. The second-order valence-electron chi connectivity index (χ2n) is 5.17. The minimum absolute atomic E-state index is 0.0961. The smallest absolute Gasteiger partial charge is 0.371 e. The SMILES string of the molecule is CCC1CCC(NS(=O)(=O)c2ccc(C(=O)O)o2)CC1. The minimum atomic E-state index is -3.78. The molecule has 1 fully saturated rings. The molecule has 0 spiro atoms. The Kier molecular flexibility index (Phi) is 4.49. The molecule has 1 aliphatic rings. The summed E-state index contributed by atoms with van der Waals surface area (Å²) in [6.07, 6.45) is 4.78. The molecule has 20 heavy (non-hydrogen) atoms. The third-order valence-electron chi connectivity index (χ3n) is 3.80. The first-order valence-corrected chi connectivity index (χ1v) is 8.26. The summed E-state index contributed by atoms with van der Waals surface area (Å²) in [6.45, 7) is 2.14. The zero-order valence-corrected chi connectivity index (χ0v) is 12.1. The van der Waals surface area contributed by atoms with Gasteiger partial charge in [0.15, 0.2) is 0 Å². The number of nitrogens with one attached hydrogen (secondary N) is 1. The van der Waals surface area contributed by atoms with Crippen LogP contribution in [0.3, 0.4) is 0 Å². The van der Waals surface area contributed by atoms with Gasteiger partial charge in [-0.05, 0) is 43.7 Å². The lowest BCUT2D eigenvalue weighted by molar-refractivity contribution is 0.0656. The second kappa shape index (κ2) is 5.97. The van der Waals surface area contributed by atoms with Gasteiger partial charge in [-0.15, -0.1) is 0 Å². The van der Waals surface area contributed by atoms with Crippen molar-refractivity contribution in [2.75, 3.05) is 0 Å². The summed E-state index contributed by atoms with van der Waals surface area (Å²) < 4.78 is 31.6. The molecule has 0 unspecified atom stereocenters. The van der Waals surface area contributed by atoms with Crippen LogP contribution in [-0.4, -0.2) is 25.5 Å². The molecule has 0 bridgehead atoms. The molecule has 7 heteroatoms. The Bertz CT molecular complexity index is 569. The van der Waals surface area contributed by atoms with E-state index in [0.29, 0.717) is 5.92 Å². The van der Waals surface area contributed by atoms with Crippen LogP contribution in [0.5, 0.6) is 0 Å². The van der Waals surface area contributed by atoms with Crippen LogP contribution in [0.25, 0.3) is 0 Å². The van der Waals surface area contributed by atoms with Crippen LogP contribution in [0.4, 0.5) is 0 Å². The number of carboxylic acids is 1. The number of rotatable bonds is 5. The molecule has 1 saturated carbocycles. The fourth-order valence-electron chi connectivity index (χ4n) is 2.55. The molecule has 2 rings (SSSR count). The molecule has 0 amide bonds. The van der Waals surface area contributed by atoms with Gasteiger partial charge in [0.25, 0.3) is 10.0 Å². The van der Waals surface area contributed by atoms with Gasteiger partial charge in [0, 0.05) is 6.04 Å². The van der Waals surface area contributed by atoms with Gasteiger partial charge in [-0.1, -0.05) is 13.3 Å². The highest BCUT2D eigenvalue weighted by Crippen LogP contribution is 2.27. The van der Waals surface area contributed by atoms with Gasteiger partial charge in [-0.3, -0.25) is 0 Å². The maximum Gasteiger partial charge on any atom is 0.371 e. The van der Waals surface area contributed by atoms with Crippen LogP contribution >= 0.6 is 0 Å². The topological polar surface area (TPSA) is 96.6 Å². The summed E-state index contributed by atoms with van der Waals surface area (Å²) in [5.41, 5.74) is 0. The summed E-state index contributed by atoms with van der Waals surface area (Å²) in [4.78, 5) is 10.7. The first-order chi connectivity index (χ1) is 9.42. The Morgan fingerprint density at radius 2 is 2.00 bits per heavy atom. The third-order valence-corrected chi connectivity index (χ3v) is 5.20. The van der Waals surface area contributed by atoms with Crippen molar-refractivity contribution in [2.45, 2.75) is 50.2 Å². The molecule has 0 saturated heterocycles. The predicted molar refractivity (Wildman–Crippen MR) is 72.0 cm³/mol. The average molecular weight is 301 g/mol. The van der Waals surface area contributed by atoms with Gasteiger partial charge in [0.2, 0.25) is 10.9 Å². The van der Waals surface area contributed by atoms with Crippen molar-refractivity contribution in [3.63, 3.8) is 0 Å². The van der Waals surface area contributed by atoms with E-state index < -0.39 is 16.0 Å². The van der Waals surface area contributed by atoms with Gasteiger partial charge < -0.3 is 9.52 Å². The Morgan fingerprint density at radius 3 is 2.50 bits per heavy atom. The molecule has 2 N–H and O–H groups in total. The quantitative estimate of drug-likeness (QED) is 0.869. The zero-order valence-electron chi connectivity index (χ0n) is 11.3. The highest BCUT2D eigenvalue weighted by atomic mass is 32.2. The van der Waals surface area contributed by atoms with Gasteiger partial charge >= 0.3 is 5.97 Å². The number of carboxylic acid groups (broad SMARTS) is 1. The largest absolute Gasteiger partial charge is 0.475 e. The molecule has 1 aliphatic carbocycles. The van der Waals surface area contributed by atoms with Crippen molar-refractivity contribution < 1.29 is 22.7 Å². The van der Waals surface area contributed by atoms with Gasteiger partial charge in [0.1, 0.15) is 0 Å². The first kappa shape index (κ1) is 15.1. The Balaban J connectivity index is 2.02. The van der Waals surface area contributed by atoms with Crippen molar-refractivity contribution in [3.05, 3.63) is 17.9 Å². The molecule has 0 aliphatic heterocycles. The molecular weight excluding hydrogens is 282 g/mol. The Morgan fingerprint density at radius 1 is 1.35 bits per heavy atom. The summed E-state index contributed by atoms with van der Waals surface area (Å²) in [5.74, 6) is -0.979. The van der Waals surface area contributed by atoms with Crippen LogP contribution in [-0.2, 0) is 10.0 Å².